The third kappa shape index (κ3) is 15.4. The van der Waals surface area contributed by atoms with Gasteiger partial charge in [0.05, 0.1) is 19.1 Å². The SMILES string of the molecule is CC.CC.CC(C)N(NOCCC#N)C(C)C. The number of hydrazine groups is 1. The van der Waals surface area contributed by atoms with Gasteiger partial charge in [0, 0.05) is 12.1 Å². The van der Waals surface area contributed by atoms with E-state index in [4.69, 9.17) is 10.1 Å². The van der Waals surface area contributed by atoms with Gasteiger partial charge in [-0.2, -0.15) is 5.26 Å². The first-order valence-corrected chi connectivity index (χ1v) is 6.62. The first-order valence-electron chi connectivity index (χ1n) is 6.62. The molecule has 104 valence electrons. The van der Waals surface area contributed by atoms with Crippen LogP contribution in [0, 0.1) is 11.3 Å². The molecule has 1 N–H and O–H groups in total. The molecule has 0 saturated heterocycles. The summed E-state index contributed by atoms with van der Waals surface area (Å²) in [7, 11) is 0. The highest BCUT2D eigenvalue weighted by atomic mass is 16.7. The molecule has 0 radical (unpaired) electrons. The molecular weight excluding hydrogens is 214 g/mol. The van der Waals surface area contributed by atoms with Crippen LogP contribution in [0.25, 0.3) is 0 Å². The summed E-state index contributed by atoms with van der Waals surface area (Å²) in [5.41, 5.74) is 2.84. The smallest absolute Gasteiger partial charge is 0.0828 e. The van der Waals surface area contributed by atoms with Gasteiger partial charge in [0.25, 0.3) is 0 Å². The van der Waals surface area contributed by atoms with E-state index >= 15 is 0 Å². The van der Waals surface area contributed by atoms with Crippen LogP contribution < -0.4 is 5.59 Å². The van der Waals surface area contributed by atoms with Gasteiger partial charge in [-0.25, -0.2) is 5.01 Å². The molecule has 0 aromatic heterocycles. The highest BCUT2D eigenvalue weighted by Gasteiger charge is 2.12. The van der Waals surface area contributed by atoms with E-state index in [9.17, 15) is 0 Å². The Balaban J connectivity index is -0.000000439. The minimum Gasteiger partial charge on any atom is -0.286 e. The molecule has 0 aliphatic rings. The molecule has 0 aromatic rings. The summed E-state index contributed by atoms with van der Waals surface area (Å²) < 4.78 is 0. The first kappa shape index (κ1) is 21.6. The molecule has 0 saturated carbocycles. The molecule has 17 heavy (non-hydrogen) atoms. The number of nitrogens with one attached hydrogen (secondary N) is 1. The minimum atomic E-state index is 0.377. The predicted molar refractivity (Wildman–Crippen MR) is 74.1 cm³/mol. The van der Waals surface area contributed by atoms with Crippen molar-refractivity contribution in [3.05, 3.63) is 0 Å². The zero-order chi connectivity index (χ0) is 14.3. The molecule has 0 aromatic carbocycles. The lowest BCUT2D eigenvalue weighted by molar-refractivity contribution is -0.110. The molecule has 0 aliphatic carbocycles. The Labute approximate surface area is 108 Å². The Bertz CT molecular complexity index is 157. The van der Waals surface area contributed by atoms with Crippen LogP contribution in [0.15, 0.2) is 0 Å². The average molecular weight is 245 g/mol. The molecule has 0 amide bonds. The quantitative estimate of drug-likeness (QED) is 0.574. The van der Waals surface area contributed by atoms with Crippen molar-refractivity contribution < 1.29 is 4.84 Å². The summed E-state index contributed by atoms with van der Waals surface area (Å²) in [6.45, 7) is 16.8. The van der Waals surface area contributed by atoms with Gasteiger partial charge in [-0.15, -0.1) is 5.59 Å². The molecule has 0 spiro atoms. The number of nitriles is 1. The second-order valence-electron chi connectivity index (χ2n) is 3.44. The maximum atomic E-state index is 8.28. The standard InChI is InChI=1S/C9H19N3O.2C2H6/c1-8(2)12(9(3)4)11-13-7-5-6-10;2*1-2/h8-9,11H,5,7H2,1-4H3;2*1-2H3. The molecule has 0 aliphatic heterocycles. The Morgan fingerprint density at radius 2 is 1.47 bits per heavy atom. The highest BCUT2D eigenvalue weighted by molar-refractivity contribution is 4.67. The Hall–Kier alpha value is -0.630. The maximum Gasteiger partial charge on any atom is 0.0828 e. The van der Waals surface area contributed by atoms with Gasteiger partial charge >= 0.3 is 0 Å². The number of rotatable bonds is 6. The zero-order valence-electron chi connectivity index (χ0n) is 12.9. The Morgan fingerprint density at radius 1 is 1.06 bits per heavy atom. The van der Waals surface area contributed by atoms with E-state index in [2.05, 4.69) is 33.3 Å². The second kappa shape index (κ2) is 17.8. The average Bonchev–Trinajstić information content (AvgIpc) is 2.33. The van der Waals surface area contributed by atoms with Gasteiger partial charge in [-0.1, -0.05) is 27.7 Å². The number of nitrogens with zero attached hydrogens (tertiary/aromatic N) is 2. The van der Waals surface area contributed by atoms with Gasteiger partial charge in [-0.3, -0.25) is 4.84 Å². The third-order valence-corrected chi connectivity index (χ3v) is 1.60. The monoisotopic (exact) mass is 245 g/mol. The van der Waals surface area contributed by atoms with Crippen molar-refractivity contribution in [3.63, 3.8) is 0 Å². The Kier molecular flexibility index (Phi) is 22.6. The van der Waals surface area contributed by atoms with Crippen LogP contribution in [0.2, 0.25) is 0 Å². The van der Waals surface area contributed by atoms with Crippen molar-refractivity contribution >= 4 is 0 Å². The third-order valence-electron chi connectivity index (χ3n) is 1.60. The van der Waals surface area contributed by atoms with Crippen molar-refractivity contribution in [2.24, 2.45) is 0 Å². The van der Waals surface area contributed by atoms with E-state index in [1.54, 1.807) is 0 Å². The lowest BCUT2D eigenvalue weighted by Crippen LogP contribution is -2.47. The van der Waals surface area contributed by atoms with Crippen LogP contribution in [0.1, 0.15) is 61.8 Å². The fourth-order valence-electron chi connectivity index (χ4n) is 1.02. The summed E-state index contributed by atoms with van der Waals surface area (Å²) in [5, 5.41) is 10.3. The topological polar surface area (TPSA) is 48.3 Å². The number of hydrogen-bond donors (Lipinski definition) is 1. The van der Waals surface area contributed by atoms with Crippen molar-refractivity contribution in [3.8, 4) is 6.07 Å². The number of hydrogen-bond acceptors (Lipinski definition) is 4. The van der Waals surface area contributed by atoms with Crippen LogP contribution in [-0.2, 0) is 4.84 Å². The van der Waals surface area contributed by atoms with Gasteiger partial charge in [0.2, 0.25) is 0 Å². The van der Waals surface area contributed by atoms with E-state index < -0.39 is 0 Å². The minimum absolute atomic E-state index is 0.377. The fourth-order valence-corrected chi connectivity index (χ4v) is 1.02. The summed E-state index contributed by atoms with van der Waals surface area (Å²) in [4.78, 5) is 5.11. The van der Waals surface area contributed by atoms with Gasteiger partial charge in [-0.05, 0) is 27.7 Å². The van der Waals surface area contributed by atoms with Crippen LogP contribution in [-0.4, -0.2) is 23.7 Å². The molecule has 4 heteroatoms. The first-order chi connectivity index (χ1) is 8.09. The molecule has 0 atom stereocenters. The molecular formula is C13H31N3O. The lowest BCUT2D eigenvalue weighted by Gasteiger charge is -2.29. The van der Waals surface area contributed by atoms with Gasteiger partial charge in [0.1, 0.15) is 0 Å². The summed E-state index contributed by atoms with van der Waals surface area (Å²) in [6.07, 6.45) is 0.414. The van der Waals surface area contributed by atoms with Crippen LogP contribution in [0.5, 0.6) is 0 Å². The van der Waals surface area contributed by atoms with Crippen molar-refractivity contribution in [2.45, 2.75) is 73.9 Å². The van der Waals surface area contributed by atoms with Crippen LogP contribution in [0.3, 0.4) is 0 Å². The normalized spacial score (nSPS) is 9.29. The summed E-state index contributed by atoms with van der Waals surface area (Å²) >= 11 is 0. The molecule has 0 fully saturated rings. The van der Waals surface area contributed by atoms with Gasteiger partial charge in [0.15, 0.2) is 0 Å². The predicted octanol–water partition coefficient (Wildman–Crippen LogP) is 3.51. The molecule has 4 nitrogen and oxygen atoms in total. The maximum absolute atomic E-state index is 8.28. The molecule has 0 heterocycles. The molecule has 0 rings (SSSR count). The largest absolute Gasteiger partial charge is 0.286 e. The van der Waals surface area contributed by atoms with E-state index in [0.717, 1.165) is 0 Å². The molecule has 0 unspecified atom stereocenters. The summed E-state index contributed by atoms with van der Waals surface area (Å²) in [6, 6.07) is 2.77. The van der Waals surface area contributed by atoms with E-state index in [-0.39, 0.29) is 0 Å². The van der Waals surface area contributed by atoms with Crippen molar-refractivity contribution in [1.82, 2.24) is 10.6 Å². The molecule has 0 bridgehead atoms. The Morgan fingerprint density at radius 3 is 1.76 bits per heavy atom. The zero-order valence-corrected chi connectivity index (χ0v) is 12.9. The fraction of sp³-hybridized carbons (Fsp3) is 0.923. The van der Waals surface area contributed by atoms with Crippen LogP contribution >= 0.6 is 0 Å². The van der Waals surface area contributed by atoms with Crippen LogP contribution in [0.4, 0.5) is 0 Å². The summed E-state index contributed by atoms with van der Waals surface area (Å²) in [5.74, 6) is 0. The highest BCUT2D eigenvalue weighted by Crippen LogP contribution is 2.00. The van der Waals surface area contributed by atoms with Crippen molar-refractivity contribution in [1.29, 1.82) is 5.26 Å². The van der Waals surface area contributed by atoms with E-state index in [1.165, 1.54) is 0 Å². The van der Waals surface area contributed by atoms with Gasteiger partial charge < -0.3 is 0 Å². The second-order valence-corrected chi connectivity index (χ2v) is 3.44. The van der Waals surface area contributed by atoms with Crippen molar-refractivity contribution in [2.75, 3.05) is 6.61 Å². The lowest BCUT2D eigenvalue weighted by atomic mass is 10.3. The van der Waals surface area contributed by atoms with E-state index in [1.807, 2.05) is 38.8 Å². The van der Waals surface area contributed by atoms with E-state index in [0.29, 0.717) is 25.1 Å².